The Labute approximate surface area is 284 Å². The minimum absolute atomic E-state index is 0.0221. The molecule has 2 aromatic rings. The normalized spacial score (nSPS) is 11.6. The van der Waals surface area contributed by atoms with Crippen LogP contribution in [0.1, 0.15) is 47.9 Å². The van der Waals surface area contributed by atoms with Crippen molar-refractivity contribution in [2.75, 3.05) is 39.5 Å². The minimum Gasteiger partial charge on any atom is -0.464 e. The molecule has 0 aromatic heterocycles. The van der Waals surface area contributed by atoms with Crippen LogP contribution in [-0.2, 0) is 74.8 Å². The lowest BCUT2D eigenvalue weighted by molar-refractivity contribution is -0.164. The molecule has 0 N–H and O–H groups in total. The van der Waals surface area contributed by atoms with E-state index in [1.165, 1.54) is 4.90 Å². The maximum Gasteiger partial charge on any atom is 0.310 e. The molecule has 49 heavy (non-hydrogen) atoms. The molecule has 2 unspecified atom stereocenters. The van der Waals surface area contributed by atoms with Gasteiger partial charge in [-0.3, -0.25) is 33.6 Å². The summed E-state index contributed by atoms with van der Waals surface area (Å²) in [4.78, 5) is 83.4. The Bertz CT molecular complexity index is 1240. The zero-order chi connectivity index (χ0) is 35.9. The Balaban J connectivity index is 1.69. The summed E-state index contributed by atoms with van der Waals surface area (Å²) in [5.41, 5.74) is 3.61. The van der Waals surface area contributed by atoms with Crippen LogP contribution in [0, 0.1) is 13.8 Å². The van der Waals surface area contributed by atoms with Gasteiger partial charge >= 0.3 is 23.9 Å². The maximum atomic E-state index is 12.4. The van der Waals surface area contributed by atoms with E-state index in [1.807, 2.05) is 38.1 Å². The van der Waals surface area contributed by atoms with Crippen molar-refractivity contribution in [1.29, 1.82) is 0 Å². The van der Waals surface area contributed by atoms with Crippen LogP contribution in [0.4, 0.5) is 0 Å². The molecular formula is C35H43NO13. The van der Waals surface area contributed by atoms with Crippen LogP contribution >= 0.6 is 0 Å². The van der Waals surface area contributed by atoms with Crippen molar-refractivity contribution in [1.82, 2.24) is 4.90 Å². The summed E-state index contributed by atoms with van der Waals surface area (Å²) in [5, 5.41) is 0. The van der Waals surface area contributed by atoms with Crippen molar-refractivity contribution in [3.8, 4) is 0 Å². The lowest BCUT2D eigenvalue weighted by atomic mass is 10.1. The third-order valence-electron chi connectivity index (χ3n) is 6.90. The second-order valence-electron chi connectivity index (χ2n) is 11.1. The third-order valence-corrected chi connectivity index (χ3v) is 6.90. The average Bonchev–Trinajstić information content (AvgIpc) is 3.08. The minimum atomic E-state index is -1.01. The van der Waals surface area contributed by atoms with Gasteiger partial charge in [-0.1, -0.05) is 59.7 Å². The smallest absolute Gasteiger partial charge is 0.310 e. The fraction of sp³-hybridized carbons (Fsp3) is 0.457. The summed E-state index contributed by atoms with van der Waals surface area (Å²) < 4.78 is 30.4. The first-order valence-electron chi connectivity index (χ1n) is 15.7. The summed E-state index contributed by atoms with van der Waals surface area (Å²) in [6.45, 7) is 3.37. The number of hydrogen-bond donors (Lipinski definition) is 0. The molecule has 0 aliphatic heterocycles. The molecular weight excluding hydrogens is 642 g/mol. The highest BCUT2D eigenvalue weighted by atomic mass is 16.6. The molecule has 14 heteroatoms. The standard InChI is InChI=1S/C35H43NO13/c1-26-7-11-28(12-8-26)17-34(42)46-21-30(19-44-24-38)48-32(40)5-3-15-36(23-37)16-4-6-33(41)49-31(20-45-25-39)22-47-35(43)18-29-13-9-27(2)10-14-29/h7-14,23-25,30-31H,3-6,15-22H2,1-2H3. The largest absolute Gasteiger partial charge is 0.464 e. The molecule has 0 saturated carbocycles. The predicted molar refractivity (Wildman–Crippen MR) is 172 cm³/mol. The third kappa shape index (κ3) is 18.0. The van der Waals surface area contributed by atoms with Crippen LogP contribution in [0.25, 0.3) is 0 Å². The molecule has 266 valence electrons. The van der Waals surface area contributed by atoms with Gasteiger partial charge in [0.2, 0.25) is 6.41 Å². The summed E-state index contributed by atoms with van der Waals surface area (Å²) in [7, 11) is 0. The number of ether oxygens (including phenoxy) is 6. The van der Waals surface area contributed by atoms with E-state index in [2.05, 4.69) is 0 Å². The Morgan fingerprint density at radius 3 is 1.33 bits per heavy atom. The number of carbonyl (C=O) groups excluding carboxylic acids is 7. The summed E-state index contributed by atoms with van der Waals surface area (Å²) >= 11 is 0. The number of amides is 1. The van der Waals surface area contributed by atoms with Crippen LogP contribution in [0.2, 0.25) is 0 Å². The van der Waals surface area contributed by atoms with Crippen LogP contribution in [0.3, 0.4) is 0 Å². The van der Waals surface area contributed by atoms with Gasteiger partial charge in [-0.25, -0.2) is 0 Å². The van der Waals surface area contributed by atoms with Gasteiger partial charge < -0.3 is 33.3 Å². The second-order valence-corrected chi connectivity index (χ2v) is 11.1. The maximum absolute atomic E-state index is 12.4. The van der Waals surface area contributed by atoms with Crippen LogP contribution < -0.4 is 0 Å². The highest BCUT2D eigenvalue weighted by Gasteiger charge is 2.20. The first-order chi connectivity index (χ1) is 23.6. The van der Waals surface area contributed by atoms with Crippen molar-refractivity contribution in [3.05, 3.63) is 70.8 Å². The lowest BCUT2D eigenvalue weighted by Gasteiger charge is -2.19. The molecule has 0 radical (unpaired) electrons. The second kappa shape index (κ2) is 23.1. The first-order valence-corrected chi connectivity index (χ1v) is 15.7. The quantitative estimate of drug-likeness (QED) is 0.0846. The van der Waals surface area contributed by atoms with Gasteiger partial charge in [0.25, 0.3) is 12.9 Å². The number of carbonyl (C=O) groups is 7. The lowest BCUT2D eigenvalue weighted by Crippen LogP contribution is -2.31. The Morgan fingerprint density at radius 1 is 0.592 bits per heavy atom. The van der Waals surface area contributed by atoms with E-state index in [1.54, 1.807) is 24.3 Å². The zero-order valence-corrected chi connectivity index (χ0v) is 27.7. The van der Waals surface area contributed by atoms with Crippen LogP contribution in [0.5, 0.6) is 0 Å². The highest BCUT2D eigenvalue weighted by Crippen LogP contribution is 2.09. The molecule has 1 amide bonds. The van der Waals surface area contributed by atoms with Crippen molar-refractivity contribution < 1.29 is 62.0 Å². The van der Waals surface area contributed by atoms with Crippen LogP contribution in [-0.4, -0.2) is 99.9 Å². The van der Waals surface area contributed by atoms with E-state index in [0.29, 0.717) is 6.41 Å². The topological polar surface area (TPSA) is 178 Å². The summed E-state index contributed by atoms with van der Waals surface area (Å²) in [6.07, 6.45) is -1.09. The molecule has 0 saturated heterocycles. The van der Waals surface area contributed by atoms with Gasteiger partial charge in [0.05, 0.1) is 12.8 Å². The molecule has 0 aliphatic carbocycles. The fourth-order valence-electron chi connectivity index (χ4n) is 4.30. The van der Waals surface area contributed by atoms with E-state index < -0.39 is 36.1 Å². The monoisotopic (exact) mass is 685 g/mol. The van der Waals surface area contributed by atoms with Crippen molar-refractivity contribution >= 4 is 43.2 Å². The number of hydrogen-bond acceptors (Lipinski definition) is 13. The number of esters is 4. The van der Waals surface area contributed by atoms with Gasteiger partial charge in [-0.15, -0.1) is 0 Å². The highest BCUT2D eigenvalue weighted by molar-refractivity contribution is 5.73. The van der Waals surface area contributed by atoms with Gasteiger partial charge in [-0.2, -0.15) is 0 Å². The van der Waals surface area contributed by atoms with Crippen LogP contribution in [0.15, 0.2) is 48.5 Å². The molecule has 0 aliphatic rings. The molecule has 2 atom stereocenters. The molecule has 14 nitrogen and oxygen atoms in total. The number of nitrogens with zero attached hydrogens (tertiary/aromatic N) is 1. The fourth-order valence-corrected chi connectivity index (χ4v) is 4.30. The number of aryl methyl sites for hydroxylation is 2. The van der Waals surface area contributed by atoms with E-state index in [4.69, 9.17) is 28.4 Å². The molecule has 0 heterocycles. The molecule has 0 bridgehead atoms. The Morgan fingerprint density at radius 2 is 0.980 bits per heavy atom. The van der Waals surface area contributed by atoms with E-state index >= 15 is 0 Å². The summed E-state index contributed by atoms with van der Waals surface area (Å²) in [6, 6.07) is 14.7. The van der Waals surface area contributed by atoms with Gasteiger partial charge in [0.1, 0.15) is 26.4 Å². The molecule has 2 aromatic carbocycles. The van der Waals surface area contributed by atoms with Gasteiger partial charge in [-0.05, 0) is 37.8 Å². The number of rotatable bonds is 25. The predicted octanol–water partition coefficient (Wildman–Crippen LogP) is 2.36. The molecule has 0 spiro atoms. The van der Waals surface area contributed by atoms with Crippen molar-refractivity contribution in [3.63, 3.8) is 0 Å². The zero-order valence-electron chi connectivity index (χ0n) is 27.7. The number of benzene rings is 2. The van der Waals surface area contributed by atoms with Crippen molar-refractivity contribution in [2.24, 2.45) is 0 Å². The molecule has 2 rings (SSSR count). The summed E-state index contributed by atoms with van der Waals surface area (Å²) in [5.74, 6) is -2.37. The molecule has 0 fully saturated rings. The Kier molecular flexibility index (Phi) is 18.8. The van der Waals surface area contributed by atoms with Gasteiger partial charge in [0.15, 0.2) is 12.2 Å². The Hall–Kier alpha value is -5.27. The van der Waals surface area contributed by atoms with Gasteiger partial charge in [0, 0.05) is 25.9 Å². The average molecular weight is 686 g/mol. The van der Waals surface area contributed by atoms with E-state index in [9.17, 15) is 33.6 Å². The SMILES string of the molecule is Cc1ccc(CC(=O)OCC(COC=O)OC(=O)CCCN(C=O)CCCC(=O)OC(COC=O)COC(=O)Cc2ccc(C)cc2)cc1. The van der Waals surface area contributed by atoms with E-state index in [0.717, 1.165) is 22.3 Å². The first kappa shape index (κ1) is 39.9. The van der Waals surface area contributed by atoms with E-state index in [-0.39, 0.29) is 91.0 Å². The van der Waals surface area contributed by atoms with Crippen molar-refractivity contribution in [2.45, 2.75) is 64.6 Å².